The molecule has 1 saturated heterocycles. The summed E-state index contributed by atoms with van der Waals surface area (Å²) in [5, 5.41) is 0. The second kappa shape index (κ2) is 7.76. The van der Waals surface area contributed by atoms with Crippen molar-refractivity contribution in [3.8, 4) is 11.6 Å². The molecule has 0 radical (unpaired) electrons. The van der Waals surface area contributed by atoms with Crippen molar-refractivity contribution in [3.63, 3.8) is 0 Å². The Kier molecular flexibility index (Phi) is 5.06. The fourth-order valence-electron chi connectivity index (χ4n) is 4.54. The highest BCUT2D eigenvalue weighted by molar-refractivity contribution is 5.47. The molecule has 2 aliphatic heterocycles. The molecule has 166 valence electrons. The summed E-state index contributed by atoms with van der Waals surface area (Å²) in [7, 11) is 0. The van der Waals surface area contributed by atoms with Crippen molar-refractivity contribution in [2.24, 2.45) is 0 Å². The van der Waals surface area contributed by atoms with E-state index in [9.17, 15) is 18.0 Å². The van der Waals surface area contributed by atoms with E-state index in [0.717, 1.165) is 43.8 Å². The SMILES string of the molecule is O=c1nc(OCc2cc(F)c(OC3(CCF)CC3)c(F)c2)cc2n1C[C@@H]1CCCCN21. The summed E-state index contributed by atoms with van der Waals surface area (Å²) in [4.78, 5) is 18.6. The molecule has 0 spiro atoms. The summed E-state index contributed by atoms with van der Waals surface area (Å²) in [5.74, 6) is -1.30. The molecule has 31 heavy (non-hydrogen) atoms. The number of alkyl halides is 1. The zero-order valence-electron chi connectivity index (χ0n) is 17.1. The van der Waals surface area contributed by atoms with Gasteiger partial charge in [-0.1, -0.05) is 0 Å². The molecule has 0 amide bonds. The maximum Gasteiger partial charge on any atom is 0.352 e. The van der Waals surface area contributed by atoms with Crippen molar-refractivity contribution in [1.29, 1.82) is 0 Å². The van der Waals surface area contributed by atoms with E-state index in [1.807, 2.05) is 0 Å². The summed E-state index contributed by atoms with van der Waals surface area (Å²) in [6.45, 7) is 0.767. The van der Waals surface area contributed by atoms with Crippen molar-refractivity contribution < 1.29 is 22.6 Å². The number of fused-ring (bicyclic) bond motifs is 3. The highest BCUT2D eigenvalue weighted by atomic mass is 19.1. The Morgan fingerprint density at radius 2 is 1.94 bits per heavy atom. The number of ether oxygens (including phenoxy) is 2. The third-order valence-electron chi connectivity index (χ3n) is 6.40. The molecular formula is C22H24F3N3O3. The smallest absolute Gasteiger partial charge is 0.352 e. The topological polar surface area (TPSA) is 56.6 Å². The molecule has 6 nitrogen and oxygen atoms in total. The molecule has 5 rings (SSSR count). The summed E-state index contributed by atoms with van der Waals surface area (Å²) in [5.41, 5.74) is -0.932. The largest absolute Gasteiger partial charge is 0.481 e. The van der Waals surface area contributed by atoms with E-state index in [0.29, 0.717) is 25.4 Å². The minimum absolute atomic E-state index is 0.119. The summed E-state index contributed by atoms with van der Waals surface area (Å²) in [6.07, 6.45) is 4.54. The van der Waals surface area contributed by atoms with E-state index in [2.05, 4.69) is 9.88 Å². The van der Waals surface area contributed by atoms with Crippen molar-refractivity contribution in [1.82, 2.24) is 9.55 Å². The third kappa shape index (κ3) is 3.85. The van der Waals surface area contributed by atoms with E-state index >= 15 is 0 Å². The van der Waals surface area contributed by atoms with Crippen LogP contribution in [0.5, 0.6) is 11.6 Å². The minimum atomic E-state index is -0.859. The van der Waals surface area contributed by atoms with Crippen LogP contribution in [0.2, 0.25) is 0 Å². The standard InChI is InChI=1S/C22H24F3N3O3/c23-7-6-22(4-5-22)31-20-16(24)9-14(10-17(20)25)13-30-18-11-19-27-8-2-1-3-15(27)12-28(19)21(29)26-18/h9-11,15H,1-8,12-13H2/t15-/m0/s1. The maximum atomic E-state index is 14.5. The fraction of sp³-hybridized carbons (Fsp3) is 0.545. The van der Waals surface area contributed by atoms with E-state index in [-0.39, 0.29) is 30.2 Å². The molecule has 3 heterocycles. The fourth-order valence-corrected chi connectivity index (χ4v) is 4.54. The highest BCUT2D eigenvalue weighted by Crippen LogP contribution is 2.44. The molecule has 1 aromatic carbocycles. The van der Waals surface area contributed by atoms with Gasteiger partial charge < -0.3 is 14.4 Å². The predicted molar refractivity (Wildman–Crippen MR) is 107 cm³/mol. The van der Waals surface area contributed by atoms with Crippen LogP contribution in [0.15, 0.2) is 23.0 Å². The normalized spacial score (nSPS) is 20.9. The Balaban J connectivity index is 1.31. The van der Waals surface area contributed by atoms with E-state index in [4.69, 9.17) is 9.47 Å². The monoisotopic (exact) mass is 435 g/mol. The zero-order valence-corrected chi connectivity index (χ0v) is 17.1. The lowest BCUT2D eigenvalue weighted by Crippen LogP contribution is -2.36. The molecule has 0 unspecified atom stereocenters. The Labute approximate surface area is 177 Å². The Morgan fingerprint density at radius 1 is 1.16 bits per heavy atom. The molecular weight excluding hydrogens is 411 g/mol. The van der Waals surface area contributed by atoms with Crippen LogP contribution < -0.4 is 20.1 Å². The maximum absolute atomic E-state index is 14.5. The number of benzene rings is 1. The first-order valence-corrected chi connectivity index (χ1v) is 10.7. The lowest BCUT2D eigenvalue weighted by atomic mass is 10.0. The van der Waals surface area contributed by atoms with Crippen molar-refractivity contribution in [3.05, 3.63) is 45.9 Å². The average molecular weight is 435 g/mol. The number of nitrogens with zero attached hydrogens (tertiary/aromatic N) is 3. The first-order valence-electron chi connectivity index (χ1n) is 10.7. The minimum Gasteiger partial charge on any atom is -0.481 e. The van der Waals surface area contributed by atoms with Gasteiger partial charge in [-0.2, -0.15) is 4.98 Å². The molecule has 2 fully saturated rings. The second-order valence-corrected chi connectivity index (χ2v) is 8.59. The van der Waals surface area contributed by atoms with Gasteiger partial charge >= 0.3 is 5.69 Å². The van der Waals surface area contributed by atoms with Gasteiger partial charge in [0.05, 0.1) is 6.67 Å². The van der Waals surface area contributed by atoms with Gasteiger partial charge in [0.15, 0.2) is 17.4 Å². The van der Waals surface area contributed by atoms with Gasteiger partial charge in [0.2, 0.25) is 5.88 Å². The van der Waals surface area contributed by atoms with Gasteiger partial charge in [0, 0.05) is 31.6 Å². The lowest BCUT2D eigenvalue weighted by Gasteiger charge is -2.30. The summed E-state index contributed by atoms with van der Waals surface area (Å²) < 4.78 is 54.3. The Hall–Kier alpha value is -2.71. The third-order valence-corrected chi connectivity index (χ3v) is 6.40. The number of hydrogen-bond donors (Lipinski definition) is 0. The van der Waals surface area contributed by atoms with Crippen LogP contribution in [0.4, 0.5) is 19.0 Å². The van der Waals surface area contributed by atoms with E-state index in [1.165, 1.54) is 0 Å². The van der Waals surface area contributed by atoms with Crippen LogP contribution in [0.3, 0.4) is 0 Å². The molecule has 0 bridgehead atoms. The lowest BCUT2D eigenvalue weighted by molar-refractivity contribution is 0.142. The van der Waals surface area contributed by atoms with Crippen molar-refractivity contribution in [2.45, 2.75) is 63.3 Å². The number of aromatic nitrogens is 2. The number of piperidine rings is 1. The van der Waals surface area contributed by atoms with Gasteiger partial charge in [-0.3, -0.25) is 8.96 Å². The molecule has 1 aliphatic carbocycles. The van der Waals surface area contributed by atoms with Gasteiger partial charge in [-0.05, 0) is 49.8 Å². The Morgan fingerprint density at radius 3 is 2.65 bits per heavy atom. The van der Waals surface area contributed by atoms with Crippen LogP contribution in [0.1, 0.15) is 44.1 Å². The highest BCUT2D eigenvalue weighted by Gasteiger charge is 2.46. The van der Waals surface area contributed by atoms with Crippen LogP contribution in [0, 0.1) is 11.6 Å². The zero-order chi connectivity index (χ0) is 21.6. The molecule has 9 heteroatoms. The van der Waals surface area contributed by atoms with E-state index < -0.39 is 29.7 Å². The second-order valence-electron chi connectivity index (χ2n) is 8.59. The summed E-state index contributed by atoms with van der Waals surface area (Å²) >= 11 is 0. The number of anilines is 1. The number of hydrogen-bond acceptors (Lipinski definition) is 5. The van der Waals surface area contributed by atoms with Gasteiger partial charge in [-0.25, -0.2) is 13.6 Å². The molecule has 1 saturated carbocycles. The first kappa shape index (κ1) is 20.2. The van der Waals surface area contributed by atoms with Crippen LogP contribution in [0.25, 0.3) is 0 Å². The van der Waals surface area contributed by atoms with Gasteiger partial charge in [0.1, 0.15) is 18.0 Å². The molecule has 2 aromatic rings. The molecule has 0 N–H and O–H groups in total. The molecule has 3 aliphatic rings. The van der Waals surface area contributed by atoms with E-state index in [1.54, 1.807) is 10.6 Å². The van der Waals surface area contributed by atoms with Gasteiger partial charge in [0.25, 0.3) is 0 Å². The van der Waals surface area contributed by atoms with Crippen molar-refractivity contribution in [2.75, 3.05) is 18.1 Å². The quantitative estimate of drug-likeness (QED) is 0.663. The Bertz CT molecular complexity index is 1030. The van der Waals surface area contributed by atoms with Crippen LogP contribution in [-0.4, -0.2) is 34.4 Å². The molecule has 1 atom stereocenters. The van der Waals surface area contributed by atoms with Crippen molar-refractivity contribution >= 4 is 5.82 Å². The number of rotatable bonds is 7. The average Bonchev–Trinajstić information content (AvgIpc) is 3.40. The summed E-state index contributed by atoms with van der Waals surface area (Å²) in [6, 6.07) is 4.28. The molecule has 1 aromatic heterocycles. The van der Waals surface area contributed by atoms with Gasteiger partial charge in [-0.15, -0.1) is 0 Å². The first-order chi connectivity index (χ1) is 15.0. The number of halogens is 3. The predicted octanol–water partition coefficient (Wildman–Crippen LogP) is 3.74. The van der Waals surface area contributed by atoms with Crippen LogP contribution >= 0.6 is 0 Å². The van der Waals surface area contributed by atoms with Crippen LogP contribution in [-0.2, 0) is 13.2 Å².